The van der Waals surface area contributed by atoms with Crippen LogP contribution in [0.1, 0.15) is 21.1 Å². The number of aryl methyl sites for hydroxylation is 1. The Balaban J connectivity index is 1.17. The van der Waals surface area contributed by atoms with Crippen LogP contribution in [0.3, 0.4) is 0 Å². The lowest BCUT2D eigenvalue weighted by Crippen LogP contribution is -2.52. The monoisotopic (exact) mass is 462 g/mol. The van der Waals surface area contributed by atoms with Gasteiger partial charge >= 0.3 is 0 Å². The molecule has 3 aromatic rings. The van der Waals surface area contributed by atoms with E-state index >= 15 is 0 Å². The van der Waals surface area contributed by atoms with Gasteiger partial charge in [0.2, 0.25) is 5.91 Å². The van der Waals surface area contributed by atoms with E-state index in [1.54, 1.807) is 6.20 Å². The highest BCUT2D eigenvalue weighted by molar-refractivity contribution is 7.13. The SMILES string of the molecule is Cc1cnc(C(=O)N2CCN(C3CC(=O)N(c4ccc(Oc5ccccc5)cc4)C3)CC2)s1. The molecule has 3 heterocycles. The minimum absolute atomic E-state index is 0.00897. The molecule has 2 fully saturated rings. The highest BCUT2D eigenvalue weighted by Gasteiger charge is 2.36. The summed E-state index contributed by atoms with van der Waals surface area (Å²) in [4.78, 5) is 36.7. The van der Waals surface area contributed by atoms with Crippen LogP contribution in [-0.2, 0) is 4.79 Å². The Morgan fingerprint density at radius 1 is 1.00 bits per heavy atom. The molecule has 2 saturated heterocycles. The molecule has 170 valence electrons. The summed E-state index contributed by atoms with van der Waals surface area (Å²) >= 11 is 1.44. The molecule has 0 bridgehead atoms. The van der Waals surface area contributed by atoms with Crippen molar-refractivity contribution in [2.24, 2.45) is 0 Å². The van der Waals surface area contributed by atoms with Gasteiger partial charge in [0.15, 0.2) is 5.01 Å². The zero-order chi connectivity index (χ0) is 22.8. The van der Waals surface area contributed by atoms with E-state index in [0.717, 1.165) is 35.2 Å². The third-order valence-electron chi connectivity index (χ3n) is 6.15. The number of anilines is 1. The second-order valence-corrected chi connectivity index (χ2v) is 9.61. The van der Waals surface area contributed by atoms with E-state index in [1.165, 1.54) is 11.3 Å². The van der Waals surface area contributed by atoms with Gasteiger partial charge in [0.1, 0.15) is 11.5 Å². The van der Waals surface area contributed by atoms with Gasteiger partial charge in [-0.2, -0.15) is 0 Å². The minimum Gasteiger partial charge on any atom is -0.457 e. The van der Waals surface area contributed by atoms with Crippen LogP contribution in [0.2, 0.25) is 0 Å². The van der Waals surface area contributed by atoms with Crippen molar-refractivity contribution in [3.05, 3.63) is 70.7 Å². The Bertz CT molecular complexity index is 1120. The molecule has 5 rings (SSSR count). The predicted octanol–water partition coefficient (Wildman–Crippen LogP) is 3.81. The number of carbonyl (C=O) groups excluding carboxylic acids is 2. The van der Waals surface area contributed by atoms with Crippen molar-refractivity contribution in [1.29, 1.82) is 0 Å². The van der Waals surface area contributed by atoms with Gasteiger partial charge in [0, 0.05) is 61.9 Å². The molecule has 1 unspecified atom stereocenters. The van der Waals surface area contributed by atoms with E-state index in [2.05, 4.69) is 9.88 Å². The summed E-state index contributed by atoms with van der Waals surface area (Å²) in [5.41, 5.74) is 0.885. The van der Waals surface area contributed by atoms with Crippen molar-refractivity contribution >= 4 is 28.8 Å². The Hall–Kier alpha value is -3.23. The Labute approximate surface area is 197 Å². The van der Waals surface area contributed by atoms with E-state index in [1.807, 2.05) is 71.3 Å². The number of ether oxygens (including phenoxy) is 1. The summed E-state index contributed by atoms with van der Waals surface area (Å²) in [6, 6.07) is 17.5. The first-order valence-corrected chi connectivity index (χ1v) is 12.0. The molecule has 0 saturated carbocycles. The summed E-state index contributed by atoms with van der Waals surface area (Å²) in [5, 5.41) is 0.558. The van der Waals surface area contributed by atoms with Crippen molar-refractivity contribution in [2.75, 3.05) is 37.6 Å². The summed E-state index contributed by atoms with van der Waals surface area (Å²) in [7, 11) is 0. The quantitative estimate of drug-likeness (QED) is 0.577. The zero-order valence-electron chi connectivity index (χ0n) is 18.5. The number of benzene rings is 2. The lowest BCUT2D eigenvalue weighted by Gasteiger charge is -2.37. The number of thiazole rings is 1. The van der Waals surface area contributed by atoms with E-state index < -0.39 is 0 Å². The van der Waals surface area contributed by atoms with Crippen molar-refractivity contribution in [3.8, 4) is 11.5 Å². The van der Waals surface area contributed by atoms with Crippen molar-refractivity contribution in [1.82, 2.24) is 14.8 Å². The Morgan fingerprint density at radius 2 is 1.70 bits per heavy atom. The normalized spacial score (nSPS) is 19.2. The number of piperazine rings is 1. The van der Waals surface area contributed by atoms with Gasteiger partial charge in [-0.1, -0.05) is 18.2 Å². The molecule has 0 spiro atoms. The summed E-state index contributed by atoms with van der Waals surface area (Å²) in [5.74, 6) is 1.66. The molecule has 33 heavy (non-hydrogen) atoms. The molecule has 2 aliphatic heterocycles. The van der Waals surface area contributed by atoms with E-state index in [0.29, 0.717) is 31.1 Å². The van der Waals surface area contributed by atoms with Gasteiger partial charge in [-0.15, -0.1) is 11.3 Å². The molecule has 8 heteroatoms. The molecule has 0 aliphatic carbocycles. The van der Waals surface area contributed by atoms with Gasteiger partial charge in [0.25, 0.3) is 5.91 Å². The van der Waals surface area contributed by atoms with Gasteiger partial charge < -0.3 is 14.5 Å². The maximum absolute atomic E-state index is 12.8. The molecule has 2 amide bonds. The number of para-hydroxylation sites is 1. The number of hydrogen-bond donors (Lipinski definition) is 0. The fraction of sp³-hybridized carbons (Fsp3) is 0.320. The molecule has 0 radical (unpaired) electrons. The molecule has 1 aromatic heterocycles. The average molecular weight is 463 g/mol. The van der Waals surface area contributed by atoms with Crippen LogP contribution in [-0.4, -0.2) is 65.4 Å². The van der Waals surface area contributed by atoms with E-state index in [-0.39, 0.29) is 17.9 Å². The van der Waals surface area contributed by atoms with Crippen LogP contribution in [0.5, 0.6) is 11.5 Å². The van der Waals surface area contributed by atoms with Gasteiger partial charge in [-0.05, 0) is 43.3 Å². The lowest BCUT2D eigenvalue weighted by atomic mass is 10.2. The highest BCUT2D eigenvalue weighted by atomic mass is 32.1. The Kier molecular flexibility index (Phi) is 6.11. The molecule has 0 N–H and O–H groups in total. The number of amides is 2. The van der Waals surface area contributed by atoms with Crippen LogP contribution in [0.15, 0.2) is 60.8 Å². The molecule has 7 nitrogen and oxygen atoms in total. The maximum Gasteiger partial charge on any atom is 0.282 e. The van der Waals surface area contributed by atoms with E-state index in [4.69, 9.17) is 4.74 Å². The highest BCUT2D eigenvalue weighted by Crippen LogP contribution is 2.28. The van der Waals surface area contributed by atoms with Crippen LogP contribution in [0.25, 0.3) is 0 Å². The second-order valence-electron chi connectivity index (χ2n) is 8.38. The lowest BCUT2D eigenvalue weighted by molar-refractivity contribution is -0.117. The van der Waals surface area contributed by atoms with Crippen molar-refractivity contribution < 1.29 is 14.3 Å². The van der Waals surface area contributed by atoms with Crippen molar-refractivity contribution in [2.45, 2.75) is 19.4 Å². The van der Waals surface area contributed by atoms with Gasteiger partial charge in [-0.3, -0.25) is 14.5 Å². The molecule has 2 aromatic carbocycles. The predicted molar refractivity (Wildman–Crippen MR) is 128 cm³/mol. The van der Waals surface area contributed by atoms with Crippen LogP contribution in [0.4, 0.5) is 5.69 Å². The maximum atomic E-state index is 12.8. The first-order chi connectivity index (χ1) is 16.1. The van der Waals surface area contributed by atoms with E-state index in [9.17, 15) is 9.59 Å². The first-order valence-electron chi connectivity index (χ1n) is 11.2. The number of nitrogens with zero attached hydrogens (tertiary/aromatic N) is 4. The largest absolute Gasteiger partial charge is 0.457 e. The molecule has 2 aliphatic rings. The second kappa shape index (κ2) is 9.33. The van der Waals surface area contributed by atoms with Gasteiger partial charge in [-0.25, -0.2) is 4.98 Å². The smallest absolute Gasteiger partial charge is 0.282 e. The van der Waals surface area contributed by atoms with Gasteiger partial charge in [0.05, 0.1) is 0 Å². The number of rotatable bonds is 5. The number of aromatic nitrogens is 1. The third-order valence-corrected chi connectivity index (χ3v) is 7.05. The molecule has 1 atom stereocenters. The third kappa shape index (κ3) is 4.77. The first kappa shape index (κ1) is 21.6. The topological polar surface area (TPSA) is 66.0 Å². The fourth-order valence-electron chi connectivity index (χ4n) is 4.38. The molecular formula is C25H26N4O3S. The summed E-state index contributed by atoms with van der Waals surface area (Å²) < 4.78 is 5.85. The standard InChI is InChI=1S/C25H26N4O3S/c1-18-16-26-24(33-18)25(31)28-13-11-27(12-14-28)20-15-23(30)29(17-20)19-7-9-22(10-8-19)32-21-5-3-2-4-6-21/h2-10,16,20H,11-15,17H2,1H3. The fourth-order valence-corrected chi connectivity index (χ4v) is 5.11. The number of carbonyl (C=O) groups is 2. The zero-order valence-corrected chi connectivity index (χ0v) is 19.3. The number of hydrogen-bond acceptors (Lipinski definition) is 6. The summed E-state index contributed by atoms with van der Waals surface area (Å²) in [6.07, 6.45) is 2.25. The van der Waals surface area contributed by atoms with Crippen LogP contribution in [0, 0.1) is 6.92 Å². The summed E-state index contributed by atoms with van der Waals surface area (Å²) in [6.45, 7) is 5.48. The van der Waals surface area contributed by atoms with Crippen LogP contribution < -0.4 is 9.64 Å². The van der Waals surface area contributed by atoms with Crippen molar-refractivity contribution in [3.63, 3.8) is 0 Å². The minimum atomic E-state index is 0.00897. The Morgan fingerprint density at radius 3 is 2.36 bits per heavy atom. The molecular weight excluding hydrogens is 436 g/mol. The van der Waals surface area contributed by atoms with Crippen LogP contribution >= 0.6 is 11.3 Å². The average Bonchev–Trinajstić information content (AvgIpc) is 3.46.